The van der Waals surface area contributed by atoms with E-state index in [-0.39, 0.29) is 16.3 Å². The lowest BCUT2D eigenvalue weighted by Crippen LogP contribution is -2.61. The number of ether oxygens (including phenoxy) is 1. The lowest BCUT2D eigenvalue weighted by Gasteiger charge is -2.53. The van der Waals surface area contributed by atoms with Crippen LogP contribution in [0.25, 0.3) is 0 Å². The summed E-state index contributed by atoms with van der Waals surface area (Å²) in [6, 6.07) is 0.309. The molecule has 0 radical (unpaired) electrons. The molecule has 23 heavy (non-hydrogen) atoms. The third kappa shape index (κ3) is 4.54. The fourth-order valence-electron chi connectivity index (χ4n) is 3.25. The van der Waals surface area contributed by atoms with Gasteiger partial charge in [-0.15, -0.1) is 4.72 Å². The van der Waals surface area contributed by atoms with E-state index in [4.69, 9.17) is 4.74 Å². The Labute approximate surface area is 143 Å². The number of hydrogen-bond acceptors (Lipinski definition) is 4. The highest BCUT2D eigenvalue weighted by molar-refractivity contribution is 7.90. The number of amides is 1. The van der Waals surface area contributed by atoms with Gasteiger partial charge in [-0.3, -0.25) is 0 Å². The van der Waals surface area contributed by atoms with E-state index in [9.17, 15) is 9.35 Å². The molecule has 1 aliphatic heterocycles. The van der Waals surface area contributed by atoms with Gasteiger partial charge in [0.05, 0.1) is 6.04 Å². The molecule has 2 atom stereocenters. The Morgan fingerprint density at radius 1 is 1.17 bits per heavy atom. The zero-order chi connectivity index (χ0) is 17.5. The van der Waals surface area contributed by atoms with E-state index in [1.807, 2.05) is 46.4 Å². The number of nitrogens with one attached hydrogen (secondary N) is 1. The molecule has 0 aromatic carbocycles. The molecule has 0 aromatic rings. The SMILES string of the molecule is CC(C)(C)OC(=O)N1CCC2(CC[C@@H]2N[S+]([O-])C(C)(C)C)CC1. The highest BCUT2D eigenvalue weighted by atomic mass is 32.2. The van der Waals surface area contributed by atoms with Crippen molar-refractivity contribution in [3.05, 3.63) is 0 Å². The van der Waals surface area contributed by atoms with Crippen molar-refractivity contribution >= 4 is 17.5 Å². The van der Waals surface area contributed by atoms with Gasteiger partial charge < -0.3 is 14.2 Å². The zero-order valence-corrected chi connectivity index (χ0v) is 16.2. The van der Waals surface area contributed by atoms with Crippen molar-refractivity contribution < 1.29 is 14.1 Å². The minimum atomic E-state index is -1.03. The molecule has 2 rings (SSSR count). The summed E-state index contributed by atoms with van der Waals surface area (Å²) in [5.74, 6) is 0. The van der Waals surface area contributed by atoms with Gasteiger partial charge in [0.1, 0.15) is 10.3 Å². The Hall–Kier alpha value is -0.460. The molecule has 2 fully saturated rings. The van der Waals surface area contributed by atoms with Crippen molar-refractivity contribution in [2.75, 3.05) is 13.1 Å². The molecular weight excluding hydrogens is 312 g/mol. The molecular formula is C17H32N2O3S. The first-order valence-corrected chi connectivity index (χ1v) is 9.74. The number of rotatable bonds is 2. The molecule has 1 heterocycles. The number of likely N-dealkylation sites (tertiary alicyclic amines) is 1. The van der Waals surface area contributed by atoms with Gasteiger partial charge in [-0.05, 0) is 72.6 Å². The van der Waals surface area contributed by atoms with E-state index in [1.54, 1.807) is 0 Å². The van der Waals surface area contributed by atoms with Crippen LogP contribution in [0.5, 0.6) is 0 Å². The normalized spacial score (nSPS) is 25.9. The van der Waals surface area contributed by atoms with Gasteiger partial charge >= 0.3 is 6.09 Å². The van der Waals surface area contributed by atoms with Crippen molar-refractivity contribution in [1.82, 2.24) is 9.62 Å². The van der Waals surface area contributed by atoms with E-state index in [0.29, 0.717) is 6.04 Å². The summed E-state index contributed by atoms with van der Waals surface area (Å²) in [7, 11) is 0. The zero-order valence-electron chi connectivity index (χ0n) is 15.4. The van der Waals surface area contributed by atoms with E-state index >= 15 is 0 Å². The second-order valence-corrected chi connectivity index (χ2v) is 10.9. The second kappa shape index (κ2) is 6.45. The highest BCUT2D eigenvalue weighted by Crippen LogP contribution is 2.49. The number of piperidine rings is 1. The van der Waals surface area contributed by atoms with Gasteiger partial charge in [0.25, 0.3) is 0 Å². The molecule has 5 nitrogen and oxygen atoms in total. The molecule has 1 N–H and O–H groups in total. The van der Waals surface area contributed by atoms with Crippen LogP contribution in [0.4, 0.5) is 4.79 Å². The Balaban J connectivity index is 1.87. The van der Waals surface area contributed by atoms with Crippen LogP contribution in [0.2, 0.25) is 0 Å². The van der Waals surface area contributed by atoms with Crippen LogP contribution in [0.3, 0.4) is 0 Å². The predicted octanol–water partition coefficient (Wildman–Crippen LogP) is 3.22. The molecule has 1 aliphatic carbocycles. The van der Waals surface area contributed by atoms with Crippen molar-refractivity contribution in [1.29, 1.82) is 0 Å². The molecule has 6 heteroatoms. The minimum Gasteiger partial charge on any atom is -0.598 e. The van der Waals surface area contributed by atoms with Gasteiger partial charge in [-0.2, -0.15) is 0 Å². The highest BCUT2D eigenvalue weighted by Gasteiger charge is 2.51. The average Bonchev–Trinajstić information content (AvgIpc) is 2.40. The third-order valence-electron chi connectivity index (χ3n) is 4.89. The van der Waals surface area contributed by atoms with Gasteiger partial charge in [0.2, 0.25) is 0 Å². The molecule has 1 amide bonds. The Kier molecular flexibility index (Phi) is 5.29. The fourth-order valence-corrected chi connectivity index (χ4v) is 4.23. The Morgan fingerprint density at radius 3 is 2.13 bits per heavy atom. The van der Waals surface area contributed by atoms with E-state index in [2.05, 4.69) is 4.72 Å². The van der Waals surface area contributed by atoms with Crippen LogP contribution in [0.1, 0.15) is 67.2 Å². The maximum absolute atomic E-state index is 12.3. The summed E-state index contributed by atoms with van der Waals surface area (Å²) < 4.78 is 20.9. The lowest BCUT2D eigenvalue weighted by molar-refractivity contribution is -0.0184. The first-order chi connectivity index (χ1) is 10.4. The Morgan fingerprint density at radius 2 is 1.74 bits per heavy atom. The summed E-state index contributed by atoms with van der Waals surface area (Å²) in [6.07, 6.45) is 3.95. The molecule has 1 saturated carbocycles. The van der Waals surface area contributed by atoms with E-state index in [0.717, 1.165) is 38.8 Å². The van der Waals surface area contributed by atoms with Crippen molar-refractivity contribution in [2.24, 2.45) is 5.41 Å². The van der Waals surface area contributed by atoms with Gasteiger partial charge in [-0.25, -0.2) is 4.79 Å². The van der Waals surface area contributed by atoms with Crippen LogP contribution in [-0.2, 0) is 16.1 Å². The maximum Gasteiger partial charge on any atom is 0.410 e. The quantitative estimate of drug-likeness (QED) is 0.781. The largest absolute Gasteiger partial charge is 0.598 e. The molecule has 0 aromatic heterocycles. The monoisotopic (exact) mass is 344 g/mol. The second-order valence-electron chi connectivity index (χ2n) is 8.92. The average molecular weight is 345 g/mol. The summed E-state index contributed by atoms with van der Waals surface area (Å²) in [6.45, 7) is 13.1. The van der Waals surface area contributed by atoms with Crippen molar-refractivity contribution in [2.45, 2.75) is 83.6 Å². The van der Waals surface area contributed by atoms with Crippen LogP contribution in [0, 0.1) is 5.41 Å². The number of nitrogens with zero attached hydrogens (tertiary/aromatic N) is 1. The fraction of sp³-hybridized carbons (Fsp3) is 0.941. The molecule has 2 aliphatic rings. The van der Waals surface area contributed by atoms with Crippen LogP contribution in [-0.4, -0.2) is 45.0 Å². The summed E-state index contributed by atoms with van der Waals surface area (Å²) >= 11 is -1.03. The number of hydrogen-bond donors (Lipinski definition) is 1. The van der Waals surface area contributed by atoms with Crippen LogP contribution >= 0.6 is 0 Å². The van der Waals surface area contributed by atoms with E-state index < -0.39 is 17.0 Å². The molecule has 134 valence electrons. The topological polar surface area (TPSA) is 64.6 Å². The Bertz CT molecular complexity index is 434. The molecule has 1 spiro atoms. The van der Waals surface area contributed by atoms with Gasteiger partial charge in [0.15, 0.2) is 0 Å². The standard InChI is InChI=1S/C17H32N2O3S/c1-15(2,3)22-14(20)19-11-9-17(10-12-19)8-7-13(17)18-23(21)16(4,5)6/h13,18H,7-12H2,1-6H3/t13-,23?/m0/s1. The summed E-state index contributed by atoms with van der Waals surface area (Å²) in [5.41, 5.74) is -0.240. The van der Waals surface area contributed by atoms with Crippen LogP contribution < -0.4 is 4.72 Å². The predicted molar refractivity (Wildman–Crippen MR) is 93.5 cm³/mol. The first-order valence-electron chi connectivity index (χ1n) is 8.59. The molecule has 1 unspecified atom stereocenters. The third-order valence-corrected chi connectivity index (χ3v) is 6.50. The van der Waals surface area contributed by atoms with Crippen molar-refractivity contribution in [3.8, 4) is 0 Å². The van der Waals surface area contributed by atoms with Gasteiger partial charge in [0, 0.05) is 24.5 Å². The van der Waals surface area contributed by atoms with Crippen molar-refractivity contribution in [3.63, 3.8) is 0 Å². The minimum absolute atomic E-state index is 0.208. The molecule has 1 saturated heterocycles. The smallest absolute Gasteiger partial charge is 0.410 e. The summed E-state index contributed by atoms with van der Waals surface area (Å²) in [5, 5.41) is 0. The number of carbonyl (C=O) groups is 1. The van der Waals surface area contributed by atoms with E-state index in [1.165, 1.54) is 0 Å². The first kappa shape index (κ1) is 18.9. The van der Waals surface area contributed by atoms with Crippen LogP contribution in [0.15, 0.2) is 0 Å². The summed E-state index contributed by atoms with van der Waals surface area (Å²) in [4.78, 5) is 14.0. The van der Waals surface area contributed by atoms with Gasteiger partial charge in [-0.1, -0.05) is 0 Å². The maximum atomic E-state index is 12.3. The number of carbonyl (C=O) groups excluding carboxylic acids is 1. The molecule has 0 bridgehead atoms. The lowest BCUT2D eigenvalue weighted by atomic mass is 9.60.